The topological polar surface area (TPSA) is 41.5 Å². The Labute approximate surface area is 124 Å². The zero-order chi connectivity index (χ0) is 14.7. The number of rotatable bonds is 4. The number of carbonyl (C=O) groups excluding carboxylic acids is 1. The van der Waals surface area contributed by atoms with Gasteiger partial charge in [0, 0.05) is 12.1 Å². The molecule has 1 aliphatic heterocycles. The quantitative estimate of drug-likeness (QED) is 0.873. The van der Waals surface area contributed by atoms with E-state index in [2.05, 4.69) is 22.4 Å². The van der Waals surface area contributed by atoms with Crippen LogP contribution in [0, 0.1) is 5.92 Å². The molecule has 3 rings (SSSR count). The zero-order valence-corrected chi connectivity index (χ0v) is 12.0. The lowest BCUT2D eigenvalue weighted by atomic mass is 9.95. The summed E-state index contributed by atoms with van der Waals surface area (Å²) >= 11 is 0. The third kappa shape index (κ3) is 2.87. The molecule has 0 aliphatic carbocycles. The summed E-state index contributed by atoms with van der Waals surface area (Å²) in [6, 6.07) is 17.9. The Morgan fingerprint density at radius 2 is 1.86 bits per heavy atom. The van der Waals surface area contributed by atoms with Gasteiger partial charge in [-0.05, 0) is 24.1 Å². The van der Waals surface area contributed by atoms with Crippen LogP contribution in [0.25, 0.3) is 11.1 Å². The number of amidine groups is 1. The predicted molar refractivity (Wildman–Crippen MR) is 85.7 cm³/mol. The molecule has 0 radical (unpaired) electrons. The number of aliphatic imine (C=N–C) groups is 1. The van der Waals surface area contributed by atoms with Crippen LogP contribution in [0.5, 0.6) is 0 Å². The summed E-state index contributed by atoms with van der Waals surface area (Å²) in [6.45, 7) is 3.50. The first-order valence-electron chi connectivity index (χ1n) is 7.23. The number of benzene rings is 2. The van der Waals surface area contributed by atoms with Gasteiger partial charge in [-0.15, -0.1) is 0 Å². The minimum Gasteiger partial charge on any atom is -0.371 e. The molecule has 0 aromatic heterocycles. The fraction of sp³-hybridized carbons (Fsp3) is 0.222. The van der Waals surface area contributed by atoms with E-state index < -0.39 is 0 Å². The highest BCUT2D eigenvalue weighted by molar-refractivity contribution is 6.12. The first kappa shape index (κ1) is 13.6. The van der Waals surface area contributed by atoms with Crippen LogP contribution in [0.1, 0.15) is 17.3 Å². The maximum absolute atomic E-state index is 12.6. The van der Waals surface area contributed by atoms with Gasteiger partial charge in [-0.2, -0.15) is 0 Å². The third-order valence-corrected chi connectivity index (χ3v) is 3.76. The largest absolute Gasteiger partial charge is 0.371 e. The van der Waals surface area contributed by atoms with E-state index in [1.807, 2.05) is 49.4 Å². The molecule has 1 unspecified atom stereocenters. The minimum absolute atomic E-state index is 0.112. The van der Waals surface area contributed by atoms with Gasteiger partial charge in [0.1, 0.15) is 5.84 Å². The highest BCUT2D eigenvalue weighted by Gasteiger charge is 2.22. The first-order valence-corrected chi connectivity index (χ1v) is 7.23. The molecule has 2 aromatic carbocycles. The normalized spacial score (nSPS) is 15.2. The Balaban J connectivity index is 1.87. The van der Waals surface area contributed by atoms with Crippen molar-refractivity contribution >= 4 is 11.6 Å². The van der Waals surface area contributed by atoms with E-state index >= 15 is 0 Å². The summed E-state index contributed by atoms with van der Waals surface area (Å²) in [5.41, 5.74) is 2.92. The van der Waals surface area contributed by atoms with Crippen LogP contribution in [0.2, 0.25) is 0 Å². The molecule has 1 atom stereocenters. The van der Waals surface area contributed by atoms with E-state index in [-0.39, 0.29) is 11.7 Å². The maximum Gasteiger partial charge on any atom is 0.173 e. The van der Waals surface area contributed by atoms with Gasteiger partial charge in [0.25, 0.3) is 0 Å². The highest BCUT2D eigenvalue weighted by atomic mass is 16.1. The Hall–Kier alpha value is -2.42. The minimum atomic E-state index is -0.210. The molecular formula is C18H18N2O. The molecule has 0 bridgehead atoms. The van der Waals surface area contributed by atoms with E-state index in [0.29, 0.717) is 0 Å². The third-order valence-electron chi connectivity index (χ3n) is 3.76. The average Bonchev–Trinajstić information content (AvgIpc) is 3.09. The van der Waals surface area contributed by atoms with Crippen molar-refractivity contribution in [1.29, 1.82) is 0 Å². The summed E-state index contributed by atoms with van der Waals surface area (Å²) in [5.74, 6) is 0.713. The van der Waals surface area contributed by atoms with Gasteiger partial charge in [-0.1, -0.05) is 48.5 Å². The Morgan fingerprint density at radius 1 is 1.10 bits per heavy atom. The van der Waals surface area contributed by atoms with Crippen LogP contribution in [0.3, 0.4) is 0 Å². The SMILES string of the molecule is CC(C(=O)c1cccc(-c2ccccc2)c1)C1=NCCN1. The highest BCUT2D eigenvalue weighted by Crippen LogP contribution is 2.21. The van der Waals surface area contributed by atoms with Crippen molar-refractivity contribution in [1.82, 2.24) is 5.32 Å². The Bertz CT molecular complexity index is 677. The molecule has 0 spiro atoms. The Morgan fingerprint density at radius 3 is 2.57 bits per heavy atom. The fourth-order valence-electron chi connectivity index (χ4n) is 2.56. The van der Waals surface area contributed by atoms with Crippen LogP contribution in [-0.4, -0.2) is 24.7 Å². The van der Waals surface area contributed by atoms with Crippen LogP contribution in [-0.2, 0) is 0 Å². The molecule has 0 saturated carbocycles. The monoisotopic (exact) mass is 278 g/mol. The van der Waals surface area contributed by atoms with Gasteiger partial charge in [-0.3, -0.25) is 9.79 Å². The molecule has 0 amide bonds. The van der Waals surface area contributed by atoms with Crippen LogP contribution in [0.4, 0.5) is 0 Å². The molecule has 0 fully saturated rings. The van der Waals surface area contributed by atoms with E-state index in [1.54, 1.807) is 0 Å². The molecule has 3 heteroatoms. The summed E-state index contributed by atoms with van der Waals surface area (Å²) in [4.78, 5) is 16.9. The van der Waals surface area contributed by atoms with Crippen LogP contribution < -0.4 is 5.32 Å². The van der Waals surface area contributed by atoms with Gasteiger partial charge in [0.15, 0.2) is 5.78 Å². The lowest BCUT2D eigenvalue weighted by Crippen LogP contribution is -2.30. The summed E-state index contributed by atoms with van der Waals surface area (Å²) in [7, 11) is 0. The maximum atomic E-state index is 12.6. The molecule has 21 heavy (non-hydrogen) atoms. The van der Waals surface area contributed by atoms with Crippen molar-refractivity contribution in [3.8, 4) is 11.1 Å². The number of hydrogen-bond donors (Lipinski definition) is 1. The number of hydrogen-bond acceptors (Lipinski definition) is 3. The first-order chi connectivity index (χ1) is 10.3. The van der Waals surface area contributed by atoms with Crippen molar-refractivity contribution in [2.75, 3.05) is 13.1 Å². The Kier molecular flexibility index (Phi) is 3.82. The number of Topliss-reactive ketones (excluding diaryl/α,β-unsaturated/α-hetero) is 1. The lowest BCUT2D eigenvalue weighted by Gasteiger charge is -2.12. The van der Waals surface area contributed by atoms with E-state index in [4.69, 9.17) is 0 Å². The van der Waals surface area contributed by atoms with E-state index in [0.717, 1.165) is 35.6 Å². The summed E-state index contributed by atoms with van der Waals surface area (Å²) in [5, 5.41) is 3.18. The van der Waals surface area contributed by atoms with Gasteiger partial charge >= 0.3 is 0 Å². The van der Waals surface area contributed by atoms with E-state index in [9.17, 15) is 4.79 Å². The molecular weight excluding hydrogens is 260 g/mol. The van der Waals surface area contributed by atoms with E-state index in [1.165, 1.54) is 0 Å². The molecule has 0 saturated heterocycles. The van der Waals surface area contributed by atoms with Crippen molar-refractivity contribution in [2.45, 2.75) is 6.92 Å². The second kappa shape index (κ2) is 5.92. The molecule has 1 heterocycles. The summed E-state index contributed by atoms with van der Waals surface area (Å²) < 4.78 is 0. The standard InChI is InChI=1S/C18H18N2O/c1-13(18-19-10-11-20-18)17(21)16-9-5-8-15(12-16)14-6-3-2-4-7-14/h2-9,12-13H,10-11H2,1H3,(H,19,20). The van der Waals surface area contributed by atoms with Gasteiger partial charge < -0.3 is 5.32 Å². The molecule has 3 nitrogen and oxygen atoms in total. The number of nitrogens with one attached hydrogen (secondary N) is 1. The van der Waals surface area contributed by atoms with Crippen molar-refractivity contribution in [3.05, 3.63) is 60.2 Å². The van der Waals surface area contributed by atoms with Crippen molar-refractivity contribution < 1.29 is 4.79 Å². The van der Waals surface area contributed by atoms with Crippen LogP contribution in [0.15, 0.2) is 59.6 Å². The van der Waals surface area contributed by atoms with Gasteiger partial charge in [0.05, 0.1) is 12.5 Å². The number of ketones is 1. The number of carbonyl (C=O) groups is 1. The van der Waals surface area contributed by atoms with Gasteiger partial charge in [0.2, 0.25) is 0 Å². The zero-order valence-electron chi connectivity index (χ0n) is 12.0. The summed E-state index contributed by atoms with van der Waals surface area (Å²) in [6.07, 6.45) is 0. The van der Waals surface area contributed by atoms with Crippen LogP contribution >= 0.6 is 0 Å². The molecule has 1 N–H and O–H groups in total. The average molecular weight is 278 g/mol. The lowest BCUT2D eigenvalue weighted by molar-refractivity contribution is 0.0960. The van der Waals surface area contributed by atoms with Crippen molar-refractivity contribution in [3.63, 3.8) is 0 Å². The molecule has 1 aliphatic rings. The smallest absolute Gasteiger partial charge is 0.173 e. The van der Waals surface area contributed by atoms with Gasteiger partial charge in [-0.25, -0.2) is 0 Å². The molecule has 2 aromatic rings. The second-order valence-corrected chi connectivity index (χ2v) is 5.23. The molecule has 106 valence electrons. The second-order valence-electron chi connectivity index (χ2n) is 5.23. The fourth-order valence-corrected chi connectivity index (χ4v) is 2.56. The van der Waals surface area contributed by atoms with Crippen molar-refractivity contribution in [2.24, 2.45) is 10.9 Å². The predicted octanol–water partition coefficient (Wildman–Crippen LogP) is 3.17. The number of nitrogens with zero attached hydrogens (tertiary/aromatic N) is 1.